The highest BCUT2D eigenvalue weighted by Crippen LogP contribution is 2.04. The number of aliphatic carboxylic acids is 7. The molecule has 0 saturated carbocycles. The third-order valence-electron chi connectivity index (χ3n) is 6.64. The van der Waals surface area contributed by atoms with Gasteiger partial charge in [-0.25, -0.2) is 0 Å². The van der Waals surface area contributed by atoms with Crippen LogP contribution in [0.2, 0.25) is 0 Å². The molecule has 0 bridgehead atoms. The number of aliphatic hydroxyl groups excluding tert-OH is 2. The first kappa shape index (κ1) is 68.5. The van der Waals surface area contributed by atoms with Crippen molar-refractivity contribution in [2.24, 2.45) is 69.4 Å². The summed E-state index contributed by atoms with van der Waals surface area (Å²) in [6.45, 7) is 13.5. The molecule has 0 aromatic rings. The Morgan fingerprint density at radius 2 is 0.593 bits per heavy atom. The van der Waals surface area contributed by atoms with Crippen LogP contribution in [0.3, 0.4) is 0 Å². The van der Waals surface area contributed by atoms with Gasteiger partial charge in [0.2, 0.25) is 11.8 Å². The largest absolute Gasteiger partial charge is 0.480 e. The molecule has 59 heavy (non-hydrogen) atoms. The van der Waals surface area contributed by atoms with Gasteiger partial charge in [-0.1, -0.05) is 48.0 Å². The molecule has 2 amide bonds. The maximum absolute atomic E-state index is 10.2. The Morgan fingerprint density at radius 3 is 0.627 bits per heavy atom. The predicted molar refractivity (Wildman–Crippen MR) is 209 cm³/mol. The quantitative estimate of drug-likeness (QED) is 0.0649. The van der Waals surface area contributed by atoms with Crippen molar-refractivity contribution in [2.45, 2.75) is 129 Å². The Hall–Kier alpha value is -5.13. The van der Waals surface area contributed by atoms with Crippen molar-refractivity contribution in [3.63, 3.8) is 0 Å². The summed E-state index contributed by atoms with van der Waals surface area (Å²) in [5.41, 5.74) is 44.5. The first-order chi connectivity index (χ1) is 26.4. The van der Waals surface area contributed by atoms with E-state index in [1.807, 2.05) is 13.8 Å². The third-order valence-corrected chi connectivity index (χ3v) is 6.64. The Labute approximate surface area is 341 Å². The van der Waals surface area contributed by atoms with Gasteiger partial charge in [0.05, 0.1) is 25.0 Å². The van der Waals surface area contributed by atoms with Crippen LogP contribution in [0.1, 0.15) is 74.7 Å². The van der Waals surface area contributed by atoms with Crippen LogP contribution in [0.15, 0.2) is 0 Å². The average Bonchev–Trinajstić information content (AvgIpc) is 3.09. The number of hydrogen-bond acceptors (Lipinski definition) is 18. The van der Waals surface area contributed by atoms with Crippen LogP contribution in [0.25, 0.3) is 0 Å². The second kappa shape index (κ2) is 38.4. The lowest BCUT2D eigenvalue weighted by molar-refractivity contribution is -0.141. The first-order valence-electron chi connectivity index (χ1n) is 17.2. The van der Waals surface area contributed by atoms with Crippen LogP contribution in [-0.2, 0) is 43.2 Å². The first-order valence-corrected chi connectivity index (χ1v) is 17.2. The van der Waals surface area contributed by atoms with Crippen molar-refractivity contribution >= 4 is 53.6 Å². The number of carbonyl (C=O) groups excluding carboxylic acids is 2. The van der Waals surface area contributed by atoms with Gasteiger partial charge >= 0.3 is 41.8 Å². The summed E-state index contributed by atoms with van der Waals surface area (Å²) in [5, 5.41) is 74.1. The minimum atomic E-state index is -1.21. The zero-order valence-electron chi connectivity index (χ0n) is 34.4. The minimum absolute atomic E-state index is 0.0208. The van der Waals surface area contributed by atoms with Crippen LogP contribution in [-0.4, -0.2) is 154 Å². The molecule has 0 aromatic carbocycles. The normalized spacial score (nSPS) is 14.9. The van der Waals surface area contributed by atoms with E-state index in [0.717, 1.165) is 6.42 Å². The monoisotopic (exact) mass is 867 g/mol. The molecule has 0 rings (SSSR count). The SMILES string of the molecule is CC(C)[C@H](N)C(=O)O.CC(C)[C@H](N)C(=O)O.CC[C@H](C)[C@H](N)C(=O)O.C[C@@H](O)[C@H](N)C(=O)O.C[C@@H](O)[C@H](N)C(=O)O.NC(=O)C[C@H](N)C(=O)O.NC(=O)C[C@H](N)C(=O)O. The fourth-order valence-electron chi connectivity index (χ4n) is 2.09. The number of aliphatic hydroxyl groups is 2. The van der Waals surface area contributed by atoms with Crippen LogP contribution >= 0.6 is 0 Å². The highest BCUT2D eigenvalue weighted by molar-refractivity contribution is 5.83. The number of carboxylic acid groups (broad SMARTS) is 7. The molecule has 0 aromatic heterocycles. The molecule has 0 aliphatic heterocycles. The number of primary amides is 2. The Kier molecular flexibility index (Phi) is 44.6. The summed E-state index contributed by atoms with van der Waals surface area (Å²) in [4.78, 5) is 89.7. The van der Waals surface area contributed by atoms with Crippen molar-refractivity contribution in [2.75, 3.05) is 0 Å². The molecule has 0 radical (unpaired) electrons. The molecule has 27 heteroatoms. The third kappa shape index (κ3) is 48.9. The van der Waals surface area contributed by atoms with Gasteiger partial charge < -0.3 is 97.6 Å². The Morgan fingerprint density at radius 1 is 0.390 bits per heavy atom. The highest BCUT2D eigenvalue weighted by atomic mass is 16.4. The van der Waals surface area contributed by atoms with E-state index >= 15 is 0 Å². The summed E-state index contributed by atoms with van der Waals surface area (Å²) < 4.78 is 0. The van der Waals surface area contributed by atoms with Gasteiger partial charge in [0, 0.05) is 0 Å². The van der Waals surface area contributed by atoms with E-state index in [2.05, 4.69) is 11.5 Å². The van der Waals surface area contributed by atoms with E-state index in [1.165, 1.54) is 13.8 Å². The Bertz CT molecular complexity index is 1130. The van der Waals surface area contributed by atoms with Crippen molar-refractivity contribution < 1.29 is 89.1 Å². The molecule has 0 saturated heterocycles. The zero-order valence-corrected chi connectivity index (χ0v) is 34.4. The second-order valence-corrected chi connectivity index (χ2v) is 12.9. The molecule has 10 atom stereocenters. The van der Waals surface area contributed by atoms with E-state index in [-0.39, 0.29) is 30.6 Å². The summed E-state index contributed by atoms with van der Waals surface area (Å²) in [7, 11) is 0. The summed E-state index contributed by atoms with van der Waals surface area (Å²) in [5.74, 6) is -8.86. The lowest BCUT2D eigenvalue weighted by Gasteiger charge is -2.11. The van der Waals surface area contributed by atoms with Gasteiger partial charge in [-0.15, -0.1) is 0 Å². The molecular formula is C32H69N9O18. The molecule has 0 unspecified atom stereocenters. The van der Waals surface area contributed by atoms with Crippen molar-refractivity contribution in [3.8, 4) is 0 Å². The molecule has 27 nitrogen and oxygen atoms in total. The molecule has 0 heterocycles. The number of rotatable bonds is 17. The smallest absolute Gasteiger partial charge is 0.323 e. The van der Waals surface area contributed by atoms with Crippen LogP contribution in [0, 0.1) is 17.8 Å². The van der Waals surface area contributed by atoms with Crippen molar-refractivity contribution in [3.05, 3.63) is 0 Å². The maximum Gasteiger partial charge on any atom is 0.323 e. The molecule has 0 aliphatic rings. The van der Waals surface area contributed by atoms with Gasteiger partial charge in [-0.05, 0) is 31.6 Å². The summed E-state index contributed by atoms with van der Waals surface area (Å²) >= 11 is 0. The predicted octanol–water partition coefficient (Wildman–Crippen LogP) is -5.34. The molecule has 0 aliphatic carbocycles. The van der Waals surface area contributed by atoms with Gasteiger partial charge in [0.15, 0.2) is 0 Å². The summed E-state index contributed by atoms with van der Waals surface area (Å²) in [6, 6.07) is -6.77. The number of hydrogen-bond donors (Lipinski definition) is 18. The number of carboxylic acids is 7. The van der Waals surface area contributed by atoms with E-state index in [0.29, 0.717) is 0 Å². The van der Waals surface area contributed by atoms with Crippen LogP contribution in [0.5, 0.6) is 0 Å². The molecule has 0 spiro atoms. The van der Waals surface area contributed by atoms with Gasteiger partial charge in [-0.2, -0.15) is 0 Å². The molecule has 27 N–H and O–H groups in total. The minimum Gasteiger partial charge on any atom is -0.480 e. The maximum atomic E-state index is 10.2. The fourth-order valence-corrected chi connectivity index (χ4v) is 2.09. The lowest BCUT2D eigenvalue weighted by Crippen LogP contribution is -2.39. The van der Waals surface area contributed by atoms with Gasteiger partial charge in [-0.3, -0.25) is 43.2 Å². The van der Waals surface area contributed by atoms with Crippen LogP contribution < -0.4 is 51.6 Å². The van der Waals surface area contributed by atoms with Gasteiger partial charge in [0.1, 0.15) is 42.3 Å². The molecule has 0 fully saturated rings. The van der Waals surface area contributed by atoms with Crippen molar-refractivity contribution in [1.29, 1.82) is 0 Å². The highest BCUT2D eigenvalue weighted by Gasteiger charge is 2.19. The van der Waals surface area contributed by atoms with E-state index in [1.54, 1.807) is 27.7 Å². The zero-order chi connectivity index (χ0) is 49.2. The van der Waals surface area contributed by atoms with Crippen LogP contribution in [0.4, 0.5) is 0 Å². The van der Waals surface area contributed by atoms with Crippen molar-refractivity contribution in [1.82, 2.24) is 0 Å². The van der Waals surface area contributed by atoms with E-state index < -0.39 is 108 Å². The Balaban J connectivity index is -0.000000107. The fraction of sp³-hybridized carbons (Fsp3) is 0.719. The molecule has 350 valence electrons. The number of nitrogens with two attached hydrogens (primary N) is 9. The van der Waals surface area contributed by atoms with E-state index in [9.17, 15) is 43.2 Å². The standard InChI is InChI=1S/C6H13NO2.2C5H11NO2.2C4H8N2O3.2C4H9NO3/c1-3-4(2)5(7)6(8)9;2*1-3(2)4(6)5(7)8;2*5-2(4(8)9)1-3(6)7;2*1-2(6)3(5)4(7)8/h4-5H,3,7H2,1-2H3,(H,8,9);2*3-4H,6H2,1-2H3,(H,7,8);2*2H,1,5H2,(H2,6,7)(H,8,9);2*2-3,6H,5H2,1H3,(H,7,8)/t4-,5-;2*4-;2*2-;2*2-,3+/m0000011/s1. The topological polar surface area (TPSA) is 570 Å². The number of carbonyl (C=O) groups is 9. The average molecular weight is 868 g/mol. The second-order valence-electron chi connectivity index (χ2n) is 12.9. The number of amides is 2. The lowest BCUT2D eigenvalue weighted by atomic mass is 10.0. The van der Waals surface area contributed by atoms with Gasteiger partial charge in [0.25, 0.3) is 0 Å². The molecular weight excluding hydrogens is 798 g/mol. The summed E-state index contributed by atoms with van der Waals surface area (Å²) in [6.07, 6.45) is -1.77. The van der Waals surface area contributed by atoms with E-state index in [4.69, 9.17) is 86.1 Å².